The van der Waals surface area contributed by atoms with Gasteiger partial charge < -0.3 is 27.8 Å². The summed E-state index contributed by atoms with van der Waals surface area (Å²) in [4.78, 5) is 0. The first kappa shape index (κ1) is 17.2. The van der Waals surface area contributed by atoms with Crippen LogP contribution in [-0.2, 0) is 27.8 Å². The van der Waals surface area contributed by atoms with Crippen molar-refractivity contribution in [3.63, 3.8) is 0 Å². The minimum absolute atomic E-state index is 0.723. The summed E-state index contributed by atoms with van der Waals surface area (Å²) in [5, 5.41) is 0. The Morgan fingerprint density at radius 2 is 1.00 bits per heavy atom. The van der Waals surface area contributed by atoms with Gasteiger partial charge in [-0.1, -0.05) is 0 Å². The van der Waals surface area contributed by atoms with E-state index in [4.69, 9.17) is 27.8 Å². The Morgan fingerprint density at radius 1 is 0.706 bits per heavy atom. The van der Waals surface area contributed by atoms with Gasteiger partial charge in [-0.05, 0) is 5.67 Å². The molecule has 0 amide bonds. The molecular formula is C9H24O6Si2. The second kappa shape index (κ2) is 8.32. The van der Waals surface area contributed by atoms with E-state index in [9.17, 15) is 0 Å². The number of rotatable bonds is 10. The SMILES string of the molecule is COC(C)(OC)O[SiH2]C[SiH2]OC(C)(OC)OC. The molecule has 0 aromatic carbocycles. The summed E-state index contributed by atoms with van der Waals surface area (Å²) in [5.41, 5.74) is 0.949. The van der Waals surface area contributed by atoms with Crippen LogP contribution in [-0.4, -0.2) is 59.9 Å². The summed E-state index contributed by atoms with van der Waals surface area (Å²) >= 11 is 0. The molecule has 0 aromatic rings. The van der Waals surface area contributed by atoms with Gasteiger partial charge in [-0.2, -0.15) is 0 Å². The van der Waals surface area contributed by atoms with E-state index in [0.29, 0.717) is 0 Å². The molecule has 0 N–H and O–H groups in total. The molecule has 0 saturated carbocycles. The van der Waals surface area contributed by atoms with Crippen molar-refractivity contribution in [1.29, 1.82) is 0 Å². The summed E-state index contributed by atoms with van der Waals surface area (Å²) in [6.45, 7) is 3.49. The van der Waals surface area contributed by atoms with Crippen LogP contribution >= 0.6 is 0 Å². The number of ether oxygens (including phenoxy) is 4. The van der Waals surface area contributed by atoms with Crippen LogP contribution in [0.4, 0.5) is 0 Å². The zero-order valence-electron chi connectivity index (χ0n) is 11.6. The van der Waals surface area contributed by atoms with Gasteiger partial charge in [0, 0.05) is 42.3 Å². The van der Waals surface area contributed by atoms with E-state index in [-0.39, 0.29) is 0 Å². The predicted molar refractivity (Wildman–Crippen MR) is 68.9 cm³/mol. The van der Waals surface area contributed by atoms with Gasteiger partial charge in [0.15, 0.2) is 19.5 Å². The minimum Gasteiger partial charge on any atom is -0.377 e. The normalized spacial score (nSPS) is 14.5. The van der Waals surface area contributed by atoms with Crippen LogP contribution < -0.4 is 0 Å². The second-order valence-corrected chi connectivity index (χ2v) is 7.81. The van der Waals surface area contributed by atoms with Crippen LogP contribution in [0.2, 0.25) is 5.67 Å². The van der Waals surface area contributed by atoms with Crippen molar-refractivity contribution in [3.8, 4) is 0 Å². The van der Waals surface area contributed by atoms with Gasteiger partial charge in [-0.3, -0.25) is 0 Å². The lowest BCUT2D eigenvalue weighted by Crippen LogP contribution is -2.37. The average molecular weight is 284 g/mol. The quantitative estimate of drug-likeness (QED) is 0.306. The van der Waals surface area contributed by atoms with Crippen molar-refractivity contribution in [2.45, 2.75) is 31.5 Å². The lowest BCUT2D eigenvalue weighted by atomic mass is 10.7. The van der Waals surface area contributed by atoms with E-state index >= 15 is 0 Å². The fourth-order valence-corrected chi connectivity index (χ4v) is 3.82. The van der Waals surface area contributed by atoms with Gasteiger partial charge in [-0.15, -0.1) is 0 Å². The van der Waals surface area contributed by atoms with Crippen LogP contribution in [0.15, 0.2) is 0 Å². The molecule has 0 spiro atoms. The molecule has 8 heteroatoms. The Morgan fingerprint density at radius 3 is 1.24 bits per heavy atom. The topological polar surface area (TPSA) is 55.4 Å². The molecule has 0 aliphatic rings. The summed E-state index contributed by atoms with van der Waals surface area (Å²) in [7, 11) is 4.77. The first-order chi connectivity index (χ1) is 7.95. The number of hydrogen-bond donors (Lipinski definition) is 0. The van der Waals surface area contributed by atoms with Gasteiger partial charge in [0.25, 0.3) is 11.9 Å². The van der Waals surface area contributed by atoms with Crippen molar-refractivity contribution in [2.24, 2.45) is 0 Å². The van der Waals surface area contributed by atoms with Crippen LogP contribution in [0, 0.1) is 0 Å². The van der Waals surface area contributed by atoms with Gasteiger partial charge >= 0.3 is 0 Å². The third-order valence-corrected chi connectivity index (χ3v) is 6.27. The largest absolute Gasteiger partial charge is 0.377 e. The maximum absolute atomic E-state index is 5.58. The molecule has 0 bridgehead atoms. The fourth-order valence-electron chi connectivity index (χ4n) is 0.976. The molecule has 0 rings (SSSR count). The third kappa shape index (κ3) is 6.62. The maximum Gasteiger partial charge on any atom is 0.269 e. The highest BCUT2D eigenvalue weighted by Crippen LogP contribution is 2.13. The Kier molecular flexibility index (Phi) is 8.42. The molecule has 0 heterocycles. The molecule has 0 unspecified atom stereocenters. The zero-order chi connectivity index (χ0) is 13.4. The molecule has 104 valence electrons. The summed E-state index contributed by atoms with van der Waals surface area (Å²) < 4.78 is 31.5. The van der Waals surface area contributed by atoms with Crippen LogP contribution in [0.5, 0.6) is 0 Å². The smallest absolute Gasteiger partial charge is 0.269 e. The molecule has 0 saturated heterocycles. The van der Waals surface area contributed by atoms with Crippen LogP contribution in [0.1, 0.15) is 13.8 Å². The van der Waals surface area contributed by atoms with Gasteiger partial charge in [0.05, 0.1) is 0 Å². The van der Waals surface area contributed by atoms with E-state index in [2.05, 4.69) is 0 Å². The molecule has 0 aromatic heterocycles. The maximum atomic E-state index is 5.58. The van der Waals surface area contributed by atoms with Gasteiger partial charge in [0.1, 0.15) is 0 Å². The summed E-state index contributed by atoms with van der Waals surface area (Å²) in [6, 6.07) is 0. The van der Waals surface area contributed by atoms with E-state index < -0.39 is 31.5 Å². The van der Waals surface area contributed by atoms with Crippen molar-refractivity contribution in [2.75, 3.05) is 28.4 Å². The molecule has 0 fully saturated rings. The van der Waals surface area contributed by atoms with E-state index in [1.807, 2.05) is 0 Å². The first-order valence-corrected chi connectivity index (χ1v) is 8.59. The summed E-state index contributed by atoms with van der Waals surface area (Å²) in [5.74, 6) is -1.85. The Bertz CT molecular complexity index is 176. The standard InChI is InChI=1S/C9H24O6Si2/c1-8(10-3,11-4)14-16-7-17-15-9(2,12-5)13-6/h7,16-17H2,1-6H3. The summed E-state index contributed by atoms with van der Waals surface area (Å²) in [6.07, 6.45) is 0. The molecule has 0 atom stereocenters. The Balaban J connectivity index is 3.72. The average Bonchev–Trinajstić information content (AvgIpc) is 2.37. The molecule has 0 aliphatic heterocycles. The molecular weight excluding hydrogens is 260 g/mol. The van der Waals surface area contributed by atoms with E-state index in [1.54, 1.807) is 42.3 Å². The molecule has 17 heavy (non-hydrogen) atoms. The van der Waals surface area contributed by atoms with Gasteiger partial charge in [-0.25, -0.2) is 0 Å². The van der Waals surface area contributed by atoms with Crippen molar-refractivity contribution < 1.29 is 27.8 Å². The monoisotopic (exact) mass is 284 g/mol. The van der Waals surface area contributed by atoms with Crippen molar-refractivity contribution >= 4 is 19.5 Å². The molecule has 0 aliphatic carbocycles. The van der Waals surface area contributed by atoms with Crippen molar-refractivity contribution in [3.05, 3.63) is 0 Å². The minimum atomic E-state index is -0.924. The lowest BCUT2D eigenvalue weighted by molar-refractivity contribution is -0.311. The van der Waals surface area contributed by atoms with Crippen molar-refractivity contribution in [1.82, 2.24) is 0 Å². The second-order valence-electron chi connectivity index (χ2n) is 3.59. The highest BCUT2D eigenvalue weighted by molar-refractivity contribution is 6.48. The predicted octanol–water partition coefficient (Wildman–Crippen LogP) is -0.504. The van der Waals surface area contributed by atoms with Gasteiger partial charge in [0.2, 0.25) is 0 Å². The third-order valence-electron chi connectivity index (χ3n) is 2.50. The van der Waals surface area contributed by atoms with Crippen LogP contribution in [0.25, 0.3) is 0 Å². The highest BCUT2D eigenvalue weighted by Gasteiger charge is 2.25. The fraction of sp³-hybridized carbons (Fsp3) is 1.00. The number of methoxy groups -OCH3 is 4. The number of hydrogen-bond acceptors (Lipinski definition) is 6. The molecule has 6 nitrogen and oxygen atoms in total. The van der Waals surface area contributed by atoms with Crippen LogP contribution in [0.3, 0.4) is 0 Å². The highest BCUT2D eigenvalue weighted by atomic mass is 28.3. The van der Waals surface area contributed by atoms with E-state index in [0.717, 1.165) is 5.67 Å². The lowest BCUT2D eigenvalue weighted by Gasteiger charge is -2.28. The zero-order valence-corrected chi connectivity index (χ0v) is 14.4. The molecule has 0 radical (unpaired) electrons. The Hall–Kier alpha value is 0.194. The Labute approximate surface area is 108 Å². The van der Waals surface area contributed by atoms with E-state index in [1.165, 1.54) is 0 Å². The first-order valence-electron chi connectivity index (χ1n) is 5.44.